The lowest BCUT2D eigenvalue weighted by atomic mass is 9.97. The van der Waals surface area contributed by atoms with E-state index in [1.165, 1.54) is 0 Å². The lowest BCUT2D eigenvalue weighted by Gasteiger charge is -2.39. The minimum Gasteiger partial charge on any atom is -0.371 e. The van der Waals surface area contributed by atoms with Crippen LogP contribution in [0.5, 0.6) is 0 Å². The number of piperidine rings is 2. The Labute approximate surface area is 184 Å². The van der Waals surface area contributed by atoms with Crippen LogP contribution in [0.25, 0.3) is 0 Å². The van der Waals surface area contributed by atoms with Crippen LogP contribution in [0.3, 0.4) is 0 Å². The summed E-state index contributed by atoms with van der Waals surface area (Å²) in [6.45, 7) is 3.88. The molecule has 0 aromatic heterocycles. The Balaban J connectivity index is 1.30. The molecule has 7 N–H and O–H groups in total. The predicted molar refractivity (Wildman–Crippen MR) is 116 cm³/mol. The number of halogens is 1. The van der Waals surface area contributed by atoms with E-state index in [2.05, 4.69) is 45.7 Å². The van der Waals surface area contributed by atoms with Crippen LogP contribution >= 0.6 is 0 Å². The normalized spacial score (nSPS) is 41.8. The van der Waals surface area contributed by atoms with E-state index in [4.69, 9.17) is 10.5 Å². The smallest absolute Gasteiger partial charge is 0.229 e. The van der Waals surface area contributed by atoms with Crippen molar-refractivity contribution in [3.63, 3.8) is 0 Å². The largest absolute Gasteiger partial charge is 0.371 e. The lowest BCUT2D eigenvalue weighted by molar-refractivity contribution is -0.130. The van der Waals surface area contributed by atoms with E-state index in [1.54, 1.807) is 5.01 Å². The van der Waals surface area contributed by atoms with Crippen molar-refractivity contribution in [3.8, 4) is 0 Å². The molecule has 8 atom stereocenters. The average molecular weight is 443 g/mol. The van der Waals surface area contributed by atoms with E-state index in [9.17, 15) is 9.18 Å². The molecular weight excluding hydrogens is 403 g/mol. The van der Waals surface area contributed by atoms with E-state index >= 15 is 0 Å². The topological polar surface area (TPSA) is 119 Å². The number of nitrogens with one attached hydrogen (secondary N) is 5. The molecule has 11 heteroatoms. The Morgan fingerprint density at radius 3 is 2.81 bits per heavy atom. The minimum absolute atomic E-state index is 0.0291. The number of nitrogens with two attached hydrogens (primary N) is 1. The molecule has 4 saturated heterocycles. The second kappa shape index (κ2) is 10.3. The fourth-order valence-corrected chi connectivity index (χ4v) is 5.25. The van der Waals surface area contributed by atoms with Gasteiger partial charge in [-0.3, -0.25) is 10.1 Å². The summed E-state index contributed by atoms with van der Waals surface area (Å²) in [5, 5.41) is 15.0. The number of rotatable bonds is 6. The van der Waals surface area contributed by atoms with Gasteiger partial charge in [0.25, 0.3) is 0 Å². The number of carbonyl (C=O) groups is 1. The molecule has 4 aliphatic heterocycles. The van der Waals surface area contributed by atoms with Gasteiger partial charge in [-0.05, 0) is 39.9 Å². The molecule has 4 rings (SSSR count). The molecule has 31 heavy (non-hydrogen) atoms. The van der Waals surface area contributed by atoms with Crippen molar-refractivity contribution < 1.29 is 13.9 Å². The van der Waals surface area contributed by atoms with Gasteiger partial charge in [0.15, 0.2) is 0 Å². The number of nitrogens with zero attached hydrogens (tertiary/aromatic N) is 2. The number of hydrogen-bond acceptors (Lipinski definition) is 9. The molecule has 8 unspecified atom stereocenters. The van der Waals surface area contributed by atoms with Gasteiger partial charge < -0.3 is 31.3 Å². The Bertz CT molecular complexity index is 606. The zero-order valence-electron chi connectivity index (χ0n) is 18.6. The first-order chi connectivity index (χ1) is 14.9. The monoisotopic (exact) mass is 442 g/mol. The Morgan fingerprint density at radius 2 is 2.06 bits per heavy atom. The Morgan fingerprint density at radius 1 is 1.23 bits per heavy atom. The molecule has 0 aromatic carbocycles. The zero-order chi connectivity index (χ0) is 22.0. The summed E-state index contributed by atoms with van der Waals surface area (Å²) in [6.07, 6.45) is 1.29. The third-order valence-corrected chi connectivity index (χ3v) is 6.79. The SMILES string of the molecule is CN(C)CC1CCC(OC2CCNCC2NC(=O)C2C(N)NN3CC(F)CNC23)CN1. The number of hydrazine groups is 1. The van der Waals surface area contributed by atoms with Gasteiger partial charge in [-0.2, -0.15) is 0 Å². The second-order valence-corrected chi connectivity index (χ2v) is 9.63. The molecule has 178 valence electrons. The van der Waals surface area contributed by atoms with Crippen LogP contribution in [0, 0.1) is 5.92 Å². The molecule has 4 aliphatic rings. The first kappa shape index (κ1) is 23.2. The van der Waals surface area contributed by atoms with Crippen molar-refractivity contribution >= 4 is 5.91 Å². The molecule has 0 aromatic rings. The number of likely N-dealkylation sites (N-methyl/N-ethyl adjacent to an activating group) is 1. The molecule has 0 aliphatic carbocycles. The van der Waals surface area contributed by atoms with Gasteiger partial charge in [-0.15, -0.1) is 0 Å². The highest BCUT2D eigenvalue weighted by Gasteiger charge is 2.47. The fourth-order valence-electron chi connectivity index (χ4n) is 5.25. The molecule has 0 spiro atoms. The summed E-state index contributed by atoms with van der Waals surface area (Å²) >= 11 is 0. The maximum atomic E-state index is 13.7. The molecular formula is C20H39FN8O2. The predicted octanol–water partition coefficient (Wildman–Crippen LogP) is -2.48. The summed E-state index contributed by atoms with van der Waals surface area (Å²) in [5.41, 5.74) is 9.23. The second-order valence-electron chi connectivity index (χ2n) is 9.63. The highest BCUT2D eigenvalue weighted by atomic mass is 19.1. The van der Waals surface area contributed by atoms with Crippen molar-refractivity contribution in [2.45, 2.75) is 62.1 Å². The number of hydrogen-bond donors (Lipinski definition) is 6. The average Bonchev–Trinajstić information content (AvgIpc) is 3.05. The van der Waals surface area contributed by atoms with Gasteiger partial charge in [0.05, 0.1) is 36.5 Å². The zero-order valence-corrected chi connectivity index (χ0v) is 18.6. The van der Waals surface area contributed by atoms with Crippen LogP contribution in [0.2, 0.25) is 0 Å². The van der Waals surface area contributed by atoms with Crippen LogP contribution in [0.15, 0.2) is 0 Å². The summed E-state index contributed by atoms with van der Waals surface area (Å²) in [4.78, 5) is 15.4. The minimum atomic E-state index is -0.973. The van der Waals surface area contributed by atoms with Gasteiger partial charge >= 0.3 is 0 Å². The van der Waals surface area contributed by atoms with E-state index in [-0.39, 0.29) is 43.4 Å². The first-order valence-electron chi connectivity index (χ1n) is 11.6. The number of alkyl halides is 1. The maximum absolute atomic E-state index is 13.7. The number of carbonyl (C=O) groups excluding carboxylic acids is 1. The molecule has 0 radical (unpaired) electrons. The molecule has 0 bridgehead atoms. The van der Waals surface area contributed by atoms with Crippen LogP contribution in [-0.2, 0) is 9.53 Å². The Hall–Kier alpha value is -0.920. The van der Waals surface area contributed by atoms with Crippen LogP contribution < -0.4 is 32.4 Å². The maximum Gasteiger partial charge on any atom is 0.229 e. The van der Waals surface area contributed by atoms with Gasteiger partial charge in [0.1, 0.15) is 6.17 Å². The Kier molecular flexibility index (Phi) is 7.76. The quantitative estimate of drug-likeness (QED) is 0.266. The van der Waals surface area contributed by atoms with Crippen molar-refractivity contribution in [3.05, 3.63) is 0 Å². The first-order valence-corrected chi connectivity index (χ1v) is 11.6. The van der Waals surface area contributed by atoms with E-state index in [0.29, 0.717) is 12.6 Å². The third-order valence-electron chi connectivity index (χ3n) is 6.79. The van der Waals surface area contributed by atoms with Crippen molar-refractivity contribution in [1.82, 2.24) is 36.6 Å². The summed E-state index contributed by atoms with van der Waals surface area (Å²) in [6, 6.07) is 0.393. The van der Waals surface area contributed by atoms with Gasteiger partial charge in [0.2, 0.25) is 5.91 Å². The lowest BCUT2D eigenvalue weighted by Crippen LogP contribution is -2.61. The summed E-state index contributed by atoms with van der Waals surface area (Å²) in [7, 11) is 4.19. The fraction of sp³-hybridized carbons (Fsp3) is 0.950. The van der Waals surface area contributed by atoms with E-state index in [0.717, 1.165) is 38.9 Å². The van der Waals surface area contributed by atoms with Gasteiger partial charge in [-0.25, -0.2) is 14.8 Å². The molecule has 1 amide bonds. The third kappa shape index (κ3) is 5.72. The van der Waals surface area contributed by atoms with Crippen LogP contribution in [-0.4, -0.2) is 112 Å². The summed E-state index contributed by atoms with van der Waals surface area (Å²) < 4.78 is 20.1. The molecule has 0 saturated carbocycles. The van der Waals surface area contributed by atoms with Crippen molar-refractivity contribution in [1.29, 1.82) is 0 Å². The van der Waals surface area contributed by atoms with Crippen molar-refractivity contribution in [2.24, 2.45) is 11.7 Å². The van der Waals surface area contributed by atoms with Crippen LogP contribution in [0.4, 0.5) is 4.39 Å². The van der Waals surface area contributed by atoms with Gasteiger partial charge in [0, 0.05) is 38.8 Å². The van der Waals surface area contributed by atoms with Crippen molar-refractivity contribution in [2.75, 3.05) is 53.4 Å². The number of fused-ring (bicyclic) bond motifs is 1. The highest BCUT2D eigenvalue weighted by Crippen LogP contribution is 2.23. The molecule has 4 fully saturated rings. The molecule has 4 heterocycles. The number of amides is 1. The summed E-state index contributed by atoms with van der Waals surface area (Å²) in [5.74, 6) is -0.606. The van der Waals surface area contributed by atoms with E-state index < -0.39 is 18.3 Å². The van der Waals surface area contributed by atoms with Crippen LogP contribution in [0.1, 0.15) is 19.3 Å². The van der Waals surface area contributed by atoms with Gasteiger partial charge in [-0.1, -0.05) is 0 Å². The molecule has 10 nitrogen and oxygen atoms in total. The highest BCUT2D eigenvalue weighted by molar-refractivity contribution is 5.80. The number of ether oxygens (including phenoxy) is 1. The standard InChI is InChI=1S/C20H39FN8O2/c1-28(2)11-13-3-4-14(8-24-13)31-16-5-6-23-9-15(16)26-20(30)17-18(22)27-29-10-12(21)7-25-19(17)29/h12-19,23-25,27H,3-11,22H2,1-2H3,(H,26,30). The van der Waals surface area contributed by atoms with E-state index in [1.807, 2.05) is 0 Å².